The second kappa shape index (κ2) is 4.68. The lowest BCUT2D eigenvalue weighted by molar-refractivity contribution is 0.504. The van der Waals surface area contributed by atoms with Crippen molar-refractivity contribution < 1.29 is 0 Å². The highest BCUT2D eigenvalue weighted by molar-refractivity contribution is 6.11. The Hall–Kier alpha value is 0.822. The van der Waals surface area contributed by atoms with Gasteiger partial charge in [-0.1, -0.05) is 36.9 Å². The SMILES string of the molecule is Cl.[AlH2][CH]1CCCCC1. The van der Waals surface area contributed by atoms with Crippen LogP contribution in [0.3, 0.4) is 0 Å². The summed E-state index contributed by atoms with van der Waals surface area (Å²) in [4.78, 5) is 0. The van der Waals surface area contributed by atoms with E-state index in [1.54, 1.807) is 12.8 Å². The Labute approximate surface area is 65.9 Å². The lowest BCUT2D eigenvalue weighted by atomic mass is 10.0. The van der Waals surface area contributed by atoms with Crippen LogP contribution >= 0.6 is 12.4 Å². The van der Waals surface area contributed by atoms with Gasteiger partial charge < -0.3 is 0 Å². The standard InChI is InChI=1S/C6H11.Al.ClH.2H/c1-2-4-6-5-3-1;;;;/h1H,2-6H2;;1H;;. The third kappa shape index (κ3) is 2.97. The molecule has 0 nitrogen and oxygen atoms in total. The van der Waals surface area contributed by atoms with Gasteiger partial charge in [-0.25, -0.2) is 0 Å². The van der Waals surface area contributed by atoms with Crippen molar-refractivity contribution in [3.63, 3.8) is 0 Å². The van der Waals surface area contributed by atoms with Gasteiger partial charge in [-0.2, -0.15) is 0 Å². The summed E-state index contributed by atoms with van der Waals surface area (Å²) < 4.78 is 1.17. The highest BCUT2D eigenvalue weighted by Crippen LogP contribution is 2.24. The van der Waals surface area contributed by atoms with Crippen molar-refractivity contribution in [3.05, 3.63) is 0 Å². The zero-order chi connectivity index (χ0) is 5.11. The van der Waals surface area contributed by atoms with Crippen molar-refractivity contribution in [2.45, 2.75) is 36.9 Å². The van der Waals surface area contributed by atoms with Gasteiger partial charge in [-0.15, -0.1) is 12.4 Å². The number of rotatable bonds is 0. The van der Waals surface area contributed by atoms with E-state index in [0.717, 1.165) is 0 Å². The minimum Gasteiger partial charge on any atom is -0.147 e. The molecule has 1 aliphatic rings. The molecule has 48 valence electrons. The van der Waals surface area contributed by atoms with Crippen LogP contribution < -0.4 is 0 Å². The molecule has 0 aliphatic heterocycles. The molecule has 0 N–H and O–H groups in total. The quantitative estimate of drug-likeness (QED) is 0.460. The summed E-state index contributed by atoms with van der Waals surface area (Å²) in [6, 6.07) is 0. The van der Waals surface area contributed by atoms with E-state index in [9.17, 15) is 0 Å². The first-order valence-corrected chi connectivity index (χ1v) is 4.55. The molecule has 0 unspecified atom stereocenters. The first kappa shape index (κ1) is 8.82. The Balaban J connectivity index is 0.000000490. The van der Waals surface area contributed by atoms with Gasteiger partial charge >= 0.3 is 0 Å². The predicted octanol–water partition coefficient (Wildman–Crippen LogP) is 1.79. The Morgan fingerprint density at radius 3 is 1.75 bits per heavy atom. The molecule has 0 aromatic heterocycles. The molecular formula is C6H14AlCl. The van der Waals surface area contributed by atoms with Crippen LogP contribution in [-0.2, 0) is 0 Å². The van der Waals surface area contributed by atoms with E-state index in [-0.39, 0.29) is 12.4 Å². The van der Waals surface area contributed by atoms with Gasteiger partial charge in [0.1, 0.15) is 0 Å². The summed E-state index contributed by atoms with van der Waals surface area (Å²) in [6.07, 6.45) is 7.65. The van der Waals surface area contributed by atoms with E-state index < -0.39 is 0 Å². The maximum absolute atomic E-state index is 1.55. The zero-order valence-electron chi connectivity index (χ0n) is 5.52. The second-order valence-corrected chi connectivity index (χ2v) is 4.38. The van der Waals surface area contributed by atoms with Gasteiger partial charge in [0.05, 0.1) is 0 Å². The maximum Gasteiger partial charge on any atom is 0.216 e. The van der Waals surface area contributed by atoms with Crippen molar-refractivity contribution in [2.75, 3.05) is 0 Å². The molecule has 0 amide bonds. The van der Waals surface area contributed by atoms with Crippen LogP contribution in [-0.4, -0.2) is 16.3 Å². The average Bonchev–Trinajstić information content (AvgIpc) is 1.69. The van der Waals surface area contributed by atoms with Crippen molar-refractivity contribution in [1.29, 1.82) is 0 Å². The van der Waals surface area contributed by atoms with Gasteiger partial charge in [0, 0.05) is 0 Å². The summed E-state index contributed by atoms with van der Waals surface area (Å²) in [5.41, 5.74) is 0. The van der Waals surface area contributed by atoms with Crippen LogP contribution in [0.2, 0.25) is 4.78 Å². The highest BCUT2D eigenvalue weighted by atomic mass is 35.5. The normalized spacial score (nSPS) is 22.0. The maximum atomic E-state index is 1.55. The van der Waals surface area contributed by atoms with Gasteiger partial charge in [0.15, 0.2) is 0 Å². The van der Waals surface area contributed by atoms with Crippen LogP contribution in [0.15, 0.2) is 0 Å². The molecular weight excluding hydrogens is 135 g/mol. The van der Waals surface area contributed by atoms with E-state index in [0.29, 0.717) is 0 Å². The Morgan fingerprint density at radius 2 is 1.50 bits per heavy atom. The molecule has 8 heavy (non-hydrogen) atoms. The first-order chi connectivity index (χ1) is 3.39. The highest BCUT2D eigenvalue weighted by Gasteiger charge is 2.06. The molecule has 0 aromatic rings. The molecule has 1 rings (SSSR count). The van der Waals surface area contributed by atoms with Crippen LogP contribution in [0.5, 0.6) is 0 Å². The van der Waals surface area contributed by atoms with Crippen LogP contribution in [0.25, 0.3) is 0 Å². The van der Waals surface area contributed by atoms with E-state index in [4.69, 9.17) is 0 Å². The van der Waals surface area contributed by atoms with Gasteiger partial charge in [-0.05, 0) is 0 Å². The van der Waals surface area contributed by atoms with Gasteiger partial charge in [-0.3, -0.25) is 0 Å². The third-order valence-corrected chi connectivity index (χ3v) is 3.05. The van der Waals surface area contributed by atoms with E-state index in [2.05, 4.69) is 0 Å². The van der Waals surface area contributed by atoms with E-state index in [1.165, 1.54) is 40.3 Å². The summed E-state index contributed by atoms with van der Waals surface area (Å²) in [5, 5.41) is 0. The van der Waals surface area contributed by atoms with Crippen molar-refractivity contribution in [3.8, 4) is 0 Å². The minimum absolute atomic E-state index is 0. The summed E-state index contributed by atoms with van der Waals surface area (Å²) in [5.74, 6) is 0. The number of hydrogen-bond donors (Lipinski definition) is 0. The molecule has 0 bridgehead atoms. The van der Waals surface area contributed by atoms with Crippen LogP contribution in [0.4, 0.5) is 0 Å². The fourth-order valence-electron chi connectivity index (χ4n) is 1.31. The van der Waals surface area contributed by atoms with Crippen LogP contribution in [0.1, 0.15) is 32.1 Å². The lowest BCUT2D eigenvalue weighted by Gasteiger charge is -2.15. The van der Waals surface area contributed by atoms with Gasteiger partial charge in [0.25, 0.3) is 0 Å². The van der Waals surface area contributed by atoms with Gasteiger partial charge in [0.2, 0.25) is 16.3 Å². The van der Waals surface area contributed by atoms with Crippen molar-refractivity contribution in [1.82, 2.24) is 0 Å². The molecule has 0 heterocycles. The average molecular weight is 149 g/mol. The van der Waals surface area contributed by atoms with Crippen LogP contribution in [0, 0.1) is 0 Å². The predicted molar refractivity (Wildman–Crippen MR) is 42.6 cm³/mol. The third-order valence-electron chi connectivity index (χ3n) is 1.89. The van der Waals surface area contributed by atoms with E-state index >= 15 is 0 Å². The molecule has 0 saturated heterocycles. The summed E-state index contributed by atoms with van der Waals surface area (Å²) in [7, 11) is 0. The van der Waals surface area contributed by atoms with E-state index in [1.807, 2.05) is 0 Å². The smallest absolute Gasteiger partial charge is 0.147 e. The molecule has 1 aliphatic carbocycles. The Bertz CT molecular complexity index is 50.5. The summed E-state index contributed by atoms with van der Waals surface area (Å²) >= 11 is 1.45. The molecule has 0 atom stereocenters. The molecule has 0 aromatic carbocycles. The minimum atomic E-state index is 0. The Morgan fingerprint density at radius 1 is 1.00 bits per heavy atom. The zero-order valence-corrected chi connectivity index (χ0v) is 8.34. The summed E-state index contributed by atoms with van der Waals surface area (Å²) in [6.45, 7) is 0. The topological polar surface area (TPSA) is 0 Å². The lowest BCUT2D eigenvalue weighted by Crippen LogP contribution is -1.98. The van der Waals surface area contributed by atoms with Crippen molar-refractivity contribution in [2.24, 2.45) is 0 Å². The van der Waals surface area contributed by atoms with Crippen molar-refractivity contribution >= 4 is 28.7 Å². The first-order valence-electron chi connectivity index (χ1n) is 3.39. The molecule has 1 fully saturated rings. The number of halogens is 1. The Kier molecular flexibility index (Phi) is 5.16. The molecule has 1 saturated carbocycles. The molecule has 0 radical (unpaired) electrons. The number of hydrogen-bond acceptors (Lipinski definition) is 0. The molecule has 0 spiro atoms. The largest absolute Gasteiger partial charge is 0.216 e. The monoisotopic (exact) mass is 148 g/mol. The second-order valence-electron chi connectivity index (χ2n) is 2.74. The molecule has 2 heteroatoms. The fraction of sp³-hybridized carbons (Fsp3) is 1.00. The fourth-order valence-corrected chi connectivity index (χ4v) is 2.12.